The van der Waals surface area contributed by atoms with Gasteiger partial charge in [0.15, 0.2) is 0 Å². The fourth-order valence-corrected chi connectivity index (χ4v) is 10.1. The summed E-state index contributed by atoms with van der Waals surface area (Å²) in [7, 11) is 0. The molecule has 292 valence electrons. The van der Waals surface area contributed by atoms with Crippen molar-refractivity contribution in [3.63, 3.8) is 0 Å². The highest BCUT2D eigenvalue weighted by molar-refractivity contribution is 6.28. The second-order valence-corrected chi connectivity index (χ2v) is 16.3. The number of aliphatic imine (C=N–C) groups is 1. The number of nitrogens with one attached hydrogen (secondary N) is 2. The molecule has 3 heterocycles. The highest BCUT2D eigenvalue weighted by Crippen LogP contribution is 2.45. The Bertz CT molecular complexity index is 3680. The average molecular weight is 795 g/mol. The van der Waals surface area contributed by atoms with Crippen LogP contribution in [0, 0.1) is 0 Å². The van der Waals surface area contributed by atoms with Gasteiger partial charge in [-0.2, -0.15) is 0 Å². The SMILES string of the molecule is c1ccc(C2=NC(c3cccc4oc5cc(-c6cccc(-n7c8ccc9ccccc9c8c8c9ccccc9ccc87)c6)c6ccccc6c5c34)NC(c3ccccc3)N2)cc1. The third kappa shape index (κ3) is 5.35. The summed E-state index contributed by atoms with van der Waals surface area (Å²) in [6, 6.07) is 73.9. The molecule has 12 aromatic rings. The molecule has 0 spiro atoms. The van der Waals surface area contributed by atoms with Gasteiger partial charge in [0.05, 0.1) is 11.0 Å². The summed E-state index contributed by atoms with van der Waals surface area (Å²) in [5, 5.41) is 19.6. The molecule has 2 aromatic heterocycles. The van der Waals surface area contributed by atoms with Crippen molar-refractivity contribution in [2.75, 3.05) is 0 Å². The molecular weight excluding hydrogens is 757 g/mol. The van der Waals surface area contributed by atoms with Crippen molar-refractivity contribution in [2.24, 2.45) is 4.99 Å². The first-order chi connectivity index (χ1) is 30.7. The number of amidine groups is 1. The lowest BCUT2D eigenvalue weighted by Gasteiger charge is -2.32. The summed E-state index contributed by atoms with van der Waals surface area (Å²) in [5.41, 5.74) is 10.7. The van der Waals surface area contributed by atoms with Crippen LogP contribution in [0.1, 0.15) is 29.0 Å². The van der Waals surface area contributed by atoms with Crippen LogP contribution >= 0.6 is 0 Å². The fraction of sp³-hybridized carbons (Fsp3) is 0.0351. The number of aromatic nitrogens is 1. The Morgan fingerprint density at radius 1 is 0.452 bits per heavy atom. The average Bonchev–Trinajstić information content (AvgIpc) is 3.91. The molecule has 0 radical (unpaired) electrons. The van der Waals surface area contributed by atoms with Gasteiger partial charge in [-0.25, -0.2) is 4.99 Å². The predicted molar refractivity (Wildman–Crippen MR) is 257 cm³/mol. The van der Waals surface area contributed by atoms with Gasteiger partial charge >= 0.3 is 0 Å². The zero-order valence-corrected chi connectivity index (χ0v) is 33.6. The molecule has 1 aliphatic heterocycles. The van der Waals surface area contributed by atoms with Crippen molar-refractivity contribution in [1.29, 1.82) is 0 Å². The quantitative estimate of drug-likeness (QED) is 0.182. The smallest absolute Gasteiger partial charge is 0.136 e. The van der Waals surface area contributed by atoms with Crippen LogP contribution in [-0.4, -0.2) is 10.4 Å². The monoisotopic (exact) mass is 794 g/mol. The Hall–Kier alpha value is -7.99. The molecule has 13 rings (SSSR count). The highest BCUT2D eigenvalue weighted by atomic mass is 16.3. The van der Waals surface area contributed by atoms with Crippen molar-refractivity contribution in [1.82, 2.24) is 15.2 Å². The standard InChI is InChI=1S/C57H38N4O/c1-3-17-37(18-4-1)55-58-56(38-19-5-2-6-20-38)60-57(59-55)45-27-14-28-49-54(45)53-44-26-12-11-25-43(44)46(34-50(53)62-49)39-21-13-22-40(33-39)61-47-31-29-35-15-7-9-23-41(35)51(47)52-42-24-10-8-16-36(42)30-32-48(52)61/h1-34,55,57,59H,(H,58,60). The Kier molecular flexibility index (Phi) is 7.74. The molecule has 2 unspecified atom stereocenters. The molecule has 10 aromatic carbocycles. The van der Waals surface area contributed by atoms with Gasteiger partial charge in [-0.1, -0.05) is 170 Å². The Morgan fingerprint density at radius 3 is 1.79 bits per heavy atom. The molecular formula is C57H38N4O. The van der Waals surface area contributed by atoms with Gasteiger partial charge in [0.2, 0.25) is 0 Å². The molecule has 0 bridgehead atoms. The first-order valence-electron chi connectivity index (χ1n) is 21.3. The number of hydrogen-bond donors (Lipinski definition) is 2. The maximum Gasteiger partial charge on any atom is 0.136 e. The van der Waals surface area contributed by atoms with E-state index in [0.717, 1.165) is 66.7 Å². The van der Waals surface area contributed by atoms with Gasteiger partial charge in [-0.3, -0.25) is 5.32 Å². The molecule has 62 heavy (non-hydrogen) atoms. The van der Waals surface area contributed by atoms with Gasteiger partial charge in [0.1, 0.15) is 29.3 Å². The number of fused-ring (bicyclic) bond motifs is 12. The van der Waals surface area contributed by atoms with E-state index in [4.69, 9.17) is 9.41 Å². The lowest BCUT2D eigenvalue weighted by Crippen LogP contribution is -2.44. The lowest BCUT2D eigenvalue weighted by molar-refractivity contribution is 0.410. The minimum atomic E-state index is -0.336. The summed E-state index contributed by atoms with van der Waals surface area (Å²) in [5.74, 6) is 0.852. The van der Waals surface area contributed by atoms with Crippen molar-refractivity contribution in [3.8, 4) is 16.8 Å². The van der Waals surface area contributed by atoms with E-state index in [9.17, 15) is 0 Å². The zero-order valence-electron chi connectivity index (χ0n) is 33.6. The molecule has 1 aliphatic rings. The molecule has 0 aliphatic carbocycles. The van der Waals surface area contributed by atoms with E-state index in [0.29, 0.717) is 0 Å². The molecule has 0 fully saturated rings. The van der Waals surface area contributed by atoms with Crippen LogP contribution in [0.4, 0.5) is 0 Å². The van der Waals surface area contributed by atoms with E-state index in [1.807, 2.05) is 6.07 Å². The van der Waals surface area contributed by atoms with Gasteiger partial charge in [-0.05, 0) is 85.4 Å². The van der Waals surface area contributed by atoms with Crippen molar-refractivity contribution >= 4 is 81.9 Å². The van der Waals surface area contributed by atoms with Gasteiger partial charge in [-0.15, -0.1) is 0 Å². The van der Waals surface area contributed by atoms with Crippen molar-refractivity contribution < 1.29 is 4.42 Å². The zero-order chi connectivity index (χ0) is 40.7. The first-order valence-corrected chi connectivity index (χ1v) is 21.3. The van der Waals surface area contributed by atoms with Crippen LogP contribution in [0.25, 0.3) is 92.9 Å². The lowest BCUT2D eigenvalue weighted by atomic mass is 9.93. The van der Waals surface area contributed by atoms with E-state index in [1.54, 1.807) is 0 Å². The molecule has 2 atom stereocenters. The minimum absolute atomic E-state index is 0.148. The number of hydrogen-bond acceptors (Lipinski definition) is 4. The third-order valence-corrected chi connectivity index (χ3v) is 12.8. The topological polar surface area (TPSA) is 54.5 Å². The predicted octanol–water partition coefficient (Wildman–Crippen LogP) is 14.1. The van der Waals surface area contributed by atoms with Gasteiger partial charge < -0.3 is 14.3 Å². The second kappa shape index (κ2) is 13.8. The molecule has 5 heteroatoms. The molecule has 2 N–H and O–H groups in total. The van der Waals surface area contributed by atoms with Gasteiger partial charge in [0.25, 0.3) is 0 Å². The van der Waals surface area contributed by atoms with Crippen LogP contribution in [0.15, 0.2) is 216 Å². The van der Waals surface area contributed by atoms with E-state index in [-0.39, 0.29) is 12.3 Å². The summed E-state index contributed by atoms with van der Waals surface area (Å²) < 4.78 is 9.32. The Labute approximate surface area is 357 Å². The van der Waals surface area contributed by atoms with Gasteiger partial charge in [0, 0.05) is 38.4 Å². The first kappa shape index (κ1) is 34.8. The molecule has 5 nitrogen and oxygen atoms in total. The number of nitrogens with zero attached hydrogens (tertiary/aromatic N) is 2. The fourth-order valence-electron chi connectivity index (χ4n) is 10.1. The molecule has 0 saturated carbocycles. The van der Waals surface area contributed by atoms with E-state index >= 15 is 0 Å². The van der Waals surface area contributed by atoms with Crippen LogP contribution in [-0.2, 0) is 0 Å². The van der Waals surface area contributed by atoms with E-state index in [1.165, 1.54) is 48.7 Å². The summed E-state index contributed by atoms with van der Waals surface area (Å²) in [6.07, 6.45) is -0.485. The van der Waals surface area contributed by atoms with Crippen molar-refractivity contribution in [3.05, 3.63) is 223 Å². The maximum absolute atomic E-state index is 6.88. The summed E-state index contributed by atoms with van der Waals surface area (Å²) >= 11 is 0. The number of rotatable bonds is 5. The highest BCUT2D eigenvalue weighted by Gasteiger charge is 2.28. The summed E-state index contributed by atoms with van der Waals surface area (Å²) in [6.45, 7) is 0. The van der Waals surface area contributed by atoms with Crippen LogP contribution in [0.5, 0.6) is 0 Å². The van der Waals surface area contributed by atoms with Crippen molar-refractivity contribution in [2.45, 2.75) is 12.3 Å². The van der Waals surface area contributed by atoms with Crippen LogP contribution in [0.2, 0.25) is 0 Å². The number of furan rings is 1. The molecule has 0 saturated heterocycles. The van der Waals surface area contributed by atoms with Crippen LogP contribution in [0.3, 0.4) is 0 Å². The minimum Gasteiger partial charge on any atom is -0.456 e. The second-order valence-electron chi connectivity index (χ2n) is 16.3. The van der Waals surface area contributed by atoms with E-state index in [2.05, 4.69) is 215 Å². The Balaban J connectivity index is 1.00. The Morgan fingerprint density at radius 2 is 1.06 bits per heavy atom. The normalized spacial score (nSPS) is 15.6. The maximum atomic E-state index is 6.88. The number of benzene rings is 10. The third-order valence-electron chi connectivity index (χ3n) is 12.8. The van der Waals surface area contributed by atoms with Crippen LogP contribution < -0.4 is 10.6 Å². The molecule has 0 amide bonds. The summed E-state index contributed by atoms with van der Waals surface area (Å²) in [4.78, 5) is 5.34. The largest absolute Gasteiger partial charge is 0.456 e. The van der Waals surface area contributed by atoms with E-state index < -0.39 is 0 Å².